The van der Waals surface area contributed by atoms with Gasteiger partial charge in [-0.1, -0.05) is 35.9 Å². The van der Waals surface area contributed by atoms with Gasteiger partial charge in [0.25, 0.3) is 5.91 Å². The first-order chi connectivity index (χ1) is 14.4. The smallest absolute Gasteiger partial charge is 0.307 e. The summed E-state index contributed by atoms with van der Waals surface area (Å²) in [5.41, 5.74) is 3.90. The molecule has 0 aliphatic carbocycles. The van der Waals surface area contributed by atoms with E-state index in [2.05, 4.69) is 10.3 Å². The molecule has 0 saturated carbocycles. The fourth-order valence-corrected chi connectivity index (χ4v) is 3.68. The number of rotatable bonds is 7. The molecular weight excluding hydrogens is 402 g/mol. The van der Waals surface area contributed by atoms with Gasteiger partial charge in [0, 0.05) is 22.6 Å². The molecule has 0 bridgehead atoms. The number of hydrogen-bond donors (Lipinski definition) is 1. The molecule has 2 heterocycles. The van der Waals surface area contributed by atoms with Gasteiger partial charge in [-0.3, -0.25) is 14.6 Å². The highest BCUT2D eigenvalue weighted by Crippen LogP contribution is 2.26. The molecule has 0 aliphatic rings. The van der Waals surface area contributed by atoms with Gasteiger partial charge in [0.15, 0.2) is 0 Å². The number of pyridine rings is 1. The van der Waals surface area contributed by atoms with E-state index >= 15 is 0 Å². The Morgan fingerprint density at radius 1 is 1.17 bits per heavy atom. The third-order valence-electron chi connectivity index (χ3n) is 5.05. The molecule has 3 rings (SSSR count). The number of nitrogens with zero attached hydrogens (tertiary/aromatic N) is 2. The molecule has 0 fully saturated rings. The molecular formula is C23H24ClN3O3. The van der Waals surface area contributed by atoms with Crippen molar-refractivity contribution in [2.45, 2.75) is 32.9 Å². The van der Waals surface area contributed by atoms with Crippen molar-refractivity contribution in [3.8, 4) is 0 Å². The number of halogens is 1. The summed E-state index contributed by atoms with van der Waals surface area (Å²) in [6.45, 7) is 4.42. The van der Waals surface area contributed by atoms with Crippen molar-refractivity contribution >= 4 is 23.5 Å². The molecule has 0 radical (unpaired) electrons. The predicted octanol–water partition coefficient (Wildman–Crippen LogP) is 4.24. The molecule has 0 saturated heterocycles. The minimum Gasteiger partial charge on any atom is -0.469 e. The molecule has 6 nitrogen and oxygen atoms in total. The molecule has 1 unspecified atom stereocenters. The number of nitrogens with one attached hydrogen (secondary N) is 1. The number of esters is 1. The van der Waals surface area contributed by atoms with Crippen molar-refractivity contribution in [3.63, 3.8) is 0 Å². The third-order valence-corrected chi connectivity index (χ3v) is 5.39. The lowest BCUT2D eigenvalue weighted by Crippen LogP contribution is -2.31. The van der Waals surface area contributed by atoms with E-state index in [1.807, 2.05) is 48.7 Å². The van der Waals surface area contributed by atoms with Gasteiger partial charge in [0.1, 0.15) is 0 Å². The SMILES string of the molecule is COC(=O)CC(NC(=O)c1cc(C)n(Cc2ccccn2)c1C)c1ccccc1Cl. The highest BCUT2D eigenvalue weighted by Gasteiger charge is 2.24. The summed E-state index contributed by atoms with van der Waals surface area (Å²) < 4.78 is 6.84. The Bertz CT molecular complexity index is 1050. The lowest BCUT2D eigenvalue weighted by Gasteiger charge is -2.19. The Balaban J connectivity index is 1.86. The molecule has 1 amide bonds. The minimum absolute atomic E-state index is 0.0152. The van der Waals surface area contributed by atoms with Gasteiger partial charge >= 0.3 is 5.97 Å². The van der Waals surface area contributed by atoms with Crippen LogP contribution in [0.15, 0.2) is 54.7 Å². The predicted molar refractivity (Wildman–Crippen MR) is 116 cm³/mol. The van der Waals surface area contributed by atoms with Crippen LogP contribution in [0, 0.1) is 13.8 Å². The van der Waals surface area contributed by atoms with Crippen LogP contribution in [0.2, 0.25) is 5.02 Å². The van der Waals surface area contributed by atoms with Crippen molar-refractivity contribution in [2.24, 2.45) is 0 Å². The molecule has 30 heavy (non-hydrogen) atoms. The van der Waals surface area contributed by atoms with E-state index in [9.17, 15) is 9.59 Å². The van der Waals surface area contributed by atoms with Gasteiger partial charge in [-0.25, -0.2) is 0 Å². The van der Waals surface area contributed by atoms with Crippen molar-refractivity contribution in [3.05, 3.63) is 88.0 Å². The van der Waals surface area contributed by atoms with Gasteiger partial charge in [0.2, 0.25) is 0 Å². The molecule has 7 heteroatoms. The second-order valence-corrected chi connectivity index (χ2v) is 7.43. The number of methoxy groups -OCH3 is 1. The maximum Gasteiger partial charge on any atom is 0.307 e. The van der Waals surface area contributed by atoms with E-state index in [4.69, 9.17) is 16.3 Å². The van der Waals surface area contributed by atoms with Crippen molar-refractivity contribution in [2.75, 3.05) is 7.11 Å². The molecule has 3 aromatic rings. The van der Waals surface area contributed by atoms with Crippen LogP contribution in [0.1, 0.15) is 45.5 Å². The third kappa shape index (κ3) is 4.89. The van der Waals surface area contributed by atoms with E-state index in [0.29, 0.717) is 22.7 Å². The van der Waals surface area contributed by atoms with Gasteiger partial charge in [-0.2, -0.15) is 0 Å². The number of benzene rings is 1. The van der Waals surface area contributed by atoms with Gasteiger partial charge in [-0.15, -0.1) is 0 Å². The lowest BCUT2D eigenvalue weighted by atomic mass is 10.0. The Kier molecular flexibility index (Phi) is 6.90. The second kappa shape index (κ2) is 9.59. The number of aromatic nitrogens is 2. The summed E-state index contributed by atoms with van der Waals surface area (Å²) in [5.74, 6) is -0.704. The van der Waals surface area contributed by atoms with Crippen LogP contribution in [0.25, 0.3) is 0 Å². The molecule has 0 aliphatic heterocycles. The summed E-state index contributed by atoms with van der Waals surface area (Å²) in [5, 5.41) is 3.43. The minimum atomic E-state index is -0.600. The highest BCUT2D eigenvalue weighted by molar-refractivity contribution is 6.31. The summed E-state index contributed by atoms with van der Waals surface area (Å²) in [7, 11) is 1.32. The van der Waals surface area contributed by atoms with E-state index in [0.717, 1.165) is 17.1 Å². The summed E-state index contributed by atoms with van der Waals surface area (Å²) in [6.07, 6.45) is 1.73. The summed E-state index contributed by atoms with van der Waals surface area (Å²) >= 11 is 6.31. The topological polar surface area (TPSA) is 73.2 Å². The molecule has 156 valence electrons. The quantitative estimate of drug-likeness (QED) is 0.575. The van der Waals surface area contributed by atoms with E-state index in [1.54, 1.807) is 24.4 Å². The lowest BCUT2D eigenvalue weighted by molar-refractivity contribution is -0.141. The van der Waals surface area contributed by atoms with E-state index in [1.165, 1.54) is 7.11 Å². The van der Waals surface area contributed by atoms with Crippen LogP contribution >= 0.6 is 11.6 Å². The van der Waals surface area contributed by atoms with Crippen LogP contribution in [0.4, 0.5) is 0 Å². The normalized spacial score (nSPS) is 11.7. The molecule has 1 aromatic carbocycles. The van der Waals surface area contributed by atoms with E-state index in [-0.39, 0.29) is 12.3 Å². The number of hydrogen-bond acceptors (Lipinski definition) is 4. The van der Waals surface area contributed by atoms with Gasteiger partial charge in [-0.05, 0) is 43.7 Å². The van der Waals surface area contributed by atoms with Crippen LogP contribution in [0.3, 0.4) is 0 Å². The zero-order valence-corrected chi connectivity index (χ0v) is 17.9. The molecule has 2 aromatic heterocycles. The Hall–Kier alpha value is -3.12. The van der Waals surface area contributed by atoms with Crippen molar-refractivity contribution < 1.29 is 14.3 Å². The maximum atomic E-state index is 13.1. The largest absolute Gasteiger partial charge is 0.469 e. The van der Waals surface area contributed by atoms with Crippen LogP contribution in [-0.2, 0) is 16.1 Å². The monoisotopic (exact) mass is 425 g/mol. The zero-order valence-electron chi connectivity index (χ0n) is 17.2. The molecule has 0 spiro atoms. The van der Waals surface area contributed by atoms with Crippen LogP contribution < -0.4 is 5.32 Å². The number of aryl methyl sites for hydroxylation is 1. The number of amides is 1. The van der Waals surface area contributed by atoms with E-state index < -0.39 is 12.0 Å². The van der Waals surface area contributed by atoms with Gasteiger partial charge in [0.05, 0.1) is 37.4 Å². The average molecular weight is 426 g/mol. The Labute approximate surface area is 180 Å². The number of carbonyl (C=O) groups excluding carboxylic acids is 2. The number of ether oxygens (including phenoxy) is 1. The van der Waals surface area contributed by atoms with Crippen LogP contribution in [0.5, 0.6) is 0 Å². The molecule has 1 atom stereocenters. The zero-order chi connectivity index (χ0) is 21.7. The maximum absolute atomic E-state index is 13.1. The fourth-order valence-electron chi connectivity index (χ4n) is 3.41. The highest BCUT2D eigenvalue weighted by atomic mass is 35.5. The fraction of sp³-hybridized carbons (Fsp3) is 0.261. The second-order valence-electron chi connectivity index (χ2n) is 7.02. The van der Waals surface area contributed by atoms with Crippen LogP contribution in [-0.4, -0.2) is 28.5 Å². The Morgan fingerprint density at radius 3 is 2.57 bits per heavy atom. The summed E-state index contributed by atoms with van der Waals surface area (Å²) in [4.78, 5) is 29.4. The average Bonchev–Trinajstić information content (AvgIpc) is 3.02. The van der Waals surface area contributed by atoms with Crippen molar-refractivity contribution in [1.82, 2.24) is 14.9 Å². The molecule has 1 N–H and O–H groups in total. The number of carbonyl (C=O) groups is 2. The first-order valence-corrected chi connectivity index (χ1v) is 9.97. The van der Waals surface area contributed by atoms with Gasteiger partial charge < -0.3 is 14.6 Å². The summed E-state index contributed by atoms with van der Waals surface area (Å²) in [6, 6.07) is 14.1. The van der Waals surface area contributed by atoms with Crippen molar-refractivity contribution in [1.29, 1.82) is 0 Å². The Morgan fingerprint density at radius 2 is 1.90 bits per heavy atom. The first kappa shape index (κ1) is 21.6. The first-order valence-electron chi connectivity index (χ1n) is 9.59. The standard InChI is InChI=1S/C23H24ClN3O3/c1-15-12-19(16(2)27(15)14-17-8-6-7-11-25-17)23(29)26-21(13-22(28)30-3)18-9-4-5-10-20(18)24/h4-12,21H,13-14H2,1-3H3,(H,26,29).